The molecule has 1 saturated heterocycles. The van der Waals surface area contributed by atoms with Gasteiger partial charge in [0.15, 0.2) is 11.5 Å². The van der Waals surface area contributed by atoms with E-state index in [4.69, 9.17) is 30.5 Å². The van der Waals surface area contributed by atoms with Gasteiger partial charge < -0.3 is 23.8 Å². The van der Waals surface area contributed by atoms with Gasteiger partial charge in [-0.2, -0.15) is 5.10 Å². The highest BCUT2D eigenvalue weighted by atomic mass is 35.5. The van der Waals surface area contributed by atoms with Gasteiger partial charge in [0.05, 0.1) is 33.6 Å². The molecule has 1 aliphatic heterocycles. The molecule has 2 aromatic heterocycles. The smallest absolute Gasteiger partial charge is 0.272 e. The van der Waals surface area contributed by atoms with Gasteiger partial charge in [0.2, 0.25) is 5.75 Å². The first-order valence-corrected chi connectivity index (χ1v) is 10.8. The second-order valence-corrected chi connectivity index (χ2v) is 7.93. The Hall–Kier alpha value is -3.46. The highest BCUT2D eigenvalue weighted by Gasteiger charge is 2.27. The van der Waals surface area contributed by atoms with Crippen LogP contribution in [-0.2, 0) is 0 Å². The third-order valence-corrected chi connectivity index (χ3v) is 5.75. The summed E-state index contributed by atoms with van der Waals surface area (Å²) in [5.74, 6) is 1.93. The number of carbonyl (C=O) groups excluding carboxylic acids is 1. The Kier molecular flexibility index (Phi) is 6.88. The first-order valence-electron chi connectivity index (χ1n) is 10.4. The predicted octanol–water partition coefficient (Wildman–Crippen LogP) is 3.83. The standard InChI is InChI=1S/C23H25ClN4O5/c1-30-20-9-14(10-21(31-2)22(20)32-3)17-11-18(27-26-17)23(29)28-8-4-5-15(13-28)33-19-6-7-25-12-16(19)24/h6-7,9-12,15H,4-5,8,13H2,1-3H3,(H,26,27). The Bertz CT molecular complexity index is 1110. The molecule has 0 radical (unpaired) electrons. The summed E-state index contributed by atoms with van der Waals surface area (Å²) >= 11 is 6.15. The molecule has 3 aromatic rings. The number of ether oxygens (including phenoxy) is 4. The maximum atomic E-state index is 13.1. The Morgan fingerprint density at radius 1 is 1.12 bits per heavy atom. The summed E-state index contributed by atoms with van der Waals surface area (Å²) in [6.45, 7) is 1.09. The lowest BCUT2D eigenvalue weighted by molar-refractivity contribution is 0.0532. The number of methoxy groups -OCH3 is 3. The number of piperidine rings is 1. The van der Waals surface area contributed by atoms with Gasteiger partial charge >= 0.3 is 0 Å². The molecule has 174 valence electrons. The number of nitrogens with one attached hydrogen (secondary N) is 1. The van der Waals surface area contributed by atoms with E-state index in [9.17, 15) is 4.79 Å². The highest BCUT2D eigenvalue weighted by molar-refractivity contribution is 6.31. The third-order valence-electron chi connectivity index (χ3n) is 5.46. The van der Waals surface area contributed by atoms with Gasteiger partial charge in [-0.05, 0) is 31.0 Å². The first-order chi connectivity index (χ1) is 16.0. The van der Waals surface area contributed by atoms with E-state index in [1.165, 1.54) is 6.20 Å². The fraction of sp³-hybridized carbons (Fsp3) is 0.348. The maximum absolute atomic E-state index is 13.1. The highest BCUT2D eigenvalue weighted by Crippen LogP contribution is 2.41. The van der Waals surface area contributed by atoms with Gasteiger partial charge in [0.1, 0.15) is 22.6 Å². The van der Waals surface area contributed by atoms with Gasteiger partial charge in [-0.3, -0.25) is 14.9 Å². The number of hydrogen-bond donors (Lipinski definition) is 1. The Labute approximate surface area is 196 Å². The minimum absolute atomic E-state index is 0.143. The summed E-state index contributed by atoms with van der Waals surface area (Å²) in [6, 6.07) is 7.01. The number of benzene rings is 1. The van der Waals surface area contributed by atoms with Crippen molar-refractivity contribution in [2.45, 2.75) is 18.9 Å². The van der Waals surface area contributed by atoms with Crippen LogP contribution in [0.25, 0.3) is 11.3 Å². The summed E-state index contributed by atoms with van der Waals surface area (Å²) in [7, 11) is 4.65. The van der Waals surface area contributed by atoms with Crippen molar-refractivity contribution in [3.8, 4) is 34.3 Å². The largest absolute Gasteiger partial charge is 0.493 e. The second kappa shape index (κ2) is 9.99. The Morgan fingerprint density at radius 2 is 1.88 bits per heavy atom. The Balaban J connectivity index is 1.50. The van der Waals surface area contributed by atoms with Crippen molar-refractivity contribution in [1.29, 1.82) is 0 Å². The molecule has 1 unspecified atom stereocenters. The van der Waals surface area contributed by atoms with Crippen LogP contribution in [0, 0.1) is 0 Å². The zero-order valence-corrected chi connectivity index (χ0v) is 19.4. The molecule has 1 fully saturated rings. The quantitative estimate of drug-likeness (QED) is 0.557. The number of aromatic amines is 1. The van der Waals surface area contributed by atoms with E-state index in [2.05, 4.69) is 15.2 Å². The second-order valence-electron chi connectivity index (χ2n) is 7.52. The van der Waals surface area contributed by atoms with Crippen molar-refractivity contribution >= 4 is 17.5 Å². The van der Waals surface area contributed by atoms with E-state index in [0.717, 1.165) is 18.4 Å². The van der Waals surface area contributed by atoms with Gasteiger partial charge in [0, 0.05) is 30.6 Å². The molecule has 4 rings (SSSR count). The number of rotatable bonds is 7. The van der Waals surface area contributed by atoms with E-state index >= 15 is 0 Å². The molecule has 0 bridgehead atoms. The number of carbonyl (C=O) groups is 1. The van der Waals surface area contributed by atoms with Gasteiger partial charge in [-0.15, -0.1) is 0 Å². The molecule has 1 atom stereocenters. The topological polar surface area (TPSA) is 98.8 Å². The van der Waals surface area contributed by atoms with Crippen LogP contribution in [0.4, 0.5) is 0 Å². The molecule has 0 aliphatic carbocycles. The lowest BCUT2D eigenvalue weighted by Crippen LogP contribution is -2.44. The zero-order valence-electron chi connectivity index (χ0n) is 18.6. The van der Waals surface area contributed by atoms with Crippen molar-refractivity contribution in [2.75, 3.05) is 34.4 Å². The molecule has 1 amide bonds. The van der Waals surface area contributed by atoms with Gasteiger partial charge in [-0.25, -0.2) is 0 Å². The van der Waals surface area contributed by atoms with E-state index in [0.29, 0.717) is 52.5 Å². The summed E-state index contributed by atoms with van der Waals surface area (Å²) in [6.07, 6.45) is 4.68. The zero-order chi connectivity index (χ0) is 23.4. The number of nitrogens with zero attached hydrogens (tertiary/aromatic N) is 3. The van der Waals surface area contributed by atoms with Crippen molar-refractivity contribution in [1.82, 2.24) is 20.1 Å². The summed E-state index contributed by atoms with van der Waals surface area (Å²) in [4.78, 5) is 18.9. The number of likely N-dealkylation sites (tertiary alicyclic amines) is 1. The summed E-state index contributed by atoms with van der Waals surface area (Å²) in [5.41, 5.74) is 1.71. The Morgan fingerprint density at radius 3 is 2.55 bits per heavy atom. The molecule has 0 spiro atoms. The van der Waals surface area contributed by atoms with Crippen molar-refractivity contribution < 1.29 is 23.7 Å². The van der Waals surface area contributed by atoms with Crippen LogP contribution in [0.2, 0.25) is 5.02 Å². The predicted molar refractivity (Wildman–Crippen MR) is 122 cm³/mol. The third kappa shape index (κ3) is 4.83. The van der Waals surface area contributed by atoms with Gasteiger partial charge in [-0.1, -0.05) is 11.6 Å². The van der Waals surface area contributed by atoms with Crippen LogP contribution in [0.5, 0.6) is 23.0 Å². The van der Waals surface area contributed by atoms with Crippen LogP contribution in [0.15, 0.2) is 36.7 Å². The first kappa shape index (κ1) is 22.7. The minimum atomic E-state index is -0.153. The maximum Gasteiger partial charge on any atom is 0.272 e. The number of pyridine rings is 1. The molecular formula is C23H25ClN4O5. The summed E-state index contributed by atoms with van der Waals surface area (Å²) < 4.78 is 22.2. The molecule has 1 N–H and O–H groups in total. The molecule has 33 heavy (non-hydrogen) atoms. The van der Waals surface area contributed by atoms with Crippen molar-refractivity contribution in [3.05, 3.63) is 47.4 Å². The fourth-order valence-corrected chi connectivity index (χ4v) is 4.00. The number of H-pyrrole nitrogens is 1. The minimum Gasteiger partial charge on any atom is -0.493 e. The van der Waals surface area contributed by atoms with Crippen molar-refractivity contribution in [3.63, 3.8) is 0 Å². The molecule has 10 heteroatoms. The fourth-order valence-electron chi connectivity index (χ4n) is 3.83. The van der Waals surface area contributed by atoms with Crippen LogP contribution < -0.4 is 18.9 Å². The number of aromatic nitrogens is 3. The van der Waals surface area contributed by atoms with Crippen LogP contribution in [0.3, 0.4) is 0 Å². The number of amides is 1. The van der Waals surface area contributed by atoms with Crippen LogP contribution in [-0.4, -0.2) is 66.5 Å². The lowest BCUT2D eigenvalue weighted by Gasteiger charge is -2.32. The summed E-state index contributed by atoms with van der Waals surface area (Å²) in [5, 5.41) is 7.63. The average Bonchev–Trinajstić information content (AvgIpc) is 3.34. The van der Waals surface area contributed by atoms with Crippen molar-refractivity contribution in [2.24, 2.45) is 0 Å². The lowest BCUT2D eigenvalue weighted by atomic mass is 10.1. The van der Waals surface area contributed by atoms with E-state index in [1.54, 1.807) is 56.7 Å². The van der Waals surface area contributed by atoms with Crippen LogP contribution in [0.1, 0.15) is 23.3 Å². The molecule has 9 nitrogen and oxygen atoms in total. The molecule has 1 aromatic carbocycles. The number of halogens is 1. The number of hydrogen-bond acceptors (Lipinski definition) is 7. The monoisotopic (exact) mass is 472 g/mol. The van der Waals surface area contributed by atoms with E-state index in [-0.39, 0.29) is 12.0 Å². The molecule has 3 heterocycles. The SMILES string of the molecule is COc1cc(-c2cc(C(=O)N3CCCC(Oc4ccncc4Cl)C3)[nH]n2)cc(OC)c1OC. The molecule has 0 saturated carbocycles. The van der Waals surface area contributed by atoms with Crippen LogP contribution >= 0.6 is 11.6 Å². The normalized spacial score (nSPS) is 15.8. The molecular weight excluding hydrogens is 448 g/mol. The molecule has 1 aliphatic rings. The average molecular weight is 473 g/mol. The van der Waals surface area contributed by atoms with Gasteiger partial charge in [0.25, 0.3) is 5.91 Å². The van der Waals surface area contributed by atoms with E-state index in [1.807, 2.05) is 0 Å². The van der Waals surface area contributed by atoms with E-state index < -0.39 is 0 Å².